The molecule has 4 nitrogen and oxygen atoms in total. The Balaban J connectivity index is 3.37. The van der Waals surface area contributed by atoms with E-state index >= 15 is 0 Å². The lowest BCUT2D eigenvalue weighted by molar-refractivity contribution is 0.226. The van der Waals surface area contributed by atoms with Crippen LogP contribution in [0.4, 0.5) is 11.4 Å². The molecule has 1 aromatic carbocycles. The lowest BCUT2D eigenvalue weighted by atomic mass is 9.68. The van der Waals surface area contributed by atoms with Crippen LogP contribution in [0.25, 0.3) is 6.08 Å². The summed E-state index contributed by atoms with van der Waals surface area (Å²) in [6.45, 7) is 16.4. The van der Waals surface area contributed by atoms with Crippen LogP contribution < -0.4 is 22.5 Å². The predicted octanol–water partition coefficient (Wildman–Crippen LogP) is 4.78. The molecular weight excluding hydrogens is 320 g/mol. The molecule has 26 heavy (non-hydrogen) atoms. The number of rotatable bonds is 9. The first-order valence-electron chi connectivity index (χ1n) is 8.97. The lowest BCUT2D eigenvalue weighted by Gasteiger charge is -2.45. The average molecular weight is 355 g/mol. The van der Waals surface area contributed by atoms with Gasteiger partial charge in [-0.2, -0.15) is 0 Å². The molecule has 0 radical (unpaired) electrons. The highest BCUT2D eigenvalue weighted by molar-refractivity contribution is 5.69. The van der Waals surface area contributed by atoms with Gasteiger partial charge in [-0.1, -0.05) is 51.7 Å². The summed E-state index contributed by atoms with van der Waals surface area (Å²) >= 11 is 0. The molecule has 0 saturated carbocycles. The second kappa shape index (κ2) is 8.65. The van der Waals surface area contributed by atoms with Crippen LogP contribution >= 0.6 is 0 Å². The Hall–Kier alpha value is -2.62. The van der Waals surface area contributed by atoms with E-state index in [1.54, 1.807) is 0 Å². The largest absolute Gasteiger partial charge is 0.398 e. The minimum absolute atomic E-state index is 0.0798. The summed E-state index contributed by atoms with van der Waals surface area (Å²) in [7, 11) is 0. The second-order valence-corrected chi connectivity index (χ2v) is 7.27. The van der Waals surface area contributed by atoms with Crippen molar-refractivity contribution in [3.05, 3.63) is 66.5 Å². The van der Waals surface area contributed by atoms with Crippen molar-refractivity contribution in [2.45, 2.75) is 46.1 Å². The third-order valence-electron chi connectivity index (χ3n) is 5.26. The van der Waals surface area contributed by atoms with Crippen LogP contribution in [0.1, 0.15) is 46.1 Å². The molecule has 1 aromatic rings. The van der Waals surface area contributed by atoms with Gasteiger partial charge in [-0.25, -0.2) is 0 Å². The number of anilines is 2. The molecule has 1 unspecified atom stereocenters. The van der Waals surface area contributed by atoms with Gasteiger partial charge in [0.2, 0.25) is 0 Å². The number of benzene rings is 1. The third-order valence-corrected chi connectivity index (χ3v) is 5.26. The zero-order valence-corrected chi connectivity index (χ0v) is 16.6. The Morgan fingerprint density at radius 1 is 1.27 bits per heavy atom. The smallest absolute Gasteiger partial charge is 0.0639 e. The Labute approximate surface area is 158 Å². The van der Waals surface area contributed by atoms with Crippen LogP contribution in [-0.2, 0) is 0 Å². The van der Waals surface area contributed by atoms with Gasteiger partial charge in [0.05, 0.1) is 11.2 Å². The SMILES string of the molecule is C=CC(C/C=C(\N)C(=C)N)(Nc1ccc(N)c(/C=C\C)c1)C(C)(C)CC. The monoisotopic (exact) mass is 354 g/mol. The summed E-state index contributed by atoms with van der Waals surface area (Å²) < 4.78 is 0. The first-order chi connectivity index (χ1) is 12.1. The minimum Gasteiger partial charge on any atom is -0.398 e. The number of allylic oxidation sites excluding steroid dienone is 1. The summed E-state index contributed by atoms with van der Waals surface area (Å²) in [6, 6.07) is 5.95. The molecule has 0 aliphatic rings. The highest BCUT2D eigenvalue weighted by Gasteiger charge is 2.40. The maximum absolute atomic E-state index is 6.07. The summed E-state index contributed by atoms with van der Waals surface area (Å²) in [5.74, 6) is 0. The fraction of sp³-hybridized carbons (Fsp3) is 0.364. The van der Waals surface area contributed by atoms with E-state index in [2.05, 4.69) is 39.2 Å². The molecule has 1 atom stereocenters. The van der Waals surface area contributed by atoms with Crippen molar-refractivity contribution >= 4 is 17.5 Å². The highest BCUT2D eigenvalue weighted by Crippen LogP contribution is 2.41. The molecule has 0 aliphatic carbocycles. The van der Waals surface area contributed by atoms with Gasteiger partial charge in [-0.15, -0.1) is 6.58 Å². The summed E-state index contributed by atoms with van der Waals surface area (Å²) in [6.07, 6.45) is 9.45. The van der Waals surface area contributed by atoms with E-state index in [9.17, 15) is 0 Å². The maximum Gasteiger partial charge on any atom is 0.0639 e. The van der Waals surface area contributed by atoms with Crippen molar-refractivity contribution in [1.29, 1.82) is 0 Å². The molecule has 0 saturated heterocycles. The van der Waals surface area contributed by atoms with Gasteiger partial charge in [0, 0.05) is 17.1 Å². The van der Waals surface area contributed by atoms with Gasteiger partial charge in [0.1, 0.15) is 0 Å². The maximum atomic E-state index is 6.07. The Kier molecular flexibility index (Phi) is 7.13. The molecule has 0 fully saturated rings. The van der Waals surface area contributed by atoms with Gasteiger partial charge in [-0.05, 0) is 48.9 Å². The van der Waals surface area contributed by atoms with Crippen LogP contribution in [0.15, 0.2) is 61.0 Å². The predicted molar refractivity (Wildman–Crippen MR) is 116 cm³/mol. The zero-order valence-electron chi connectivity index (χ0n) is 16.6. The van der Waals surface area contributed by atoms with Crippen molar-refractivity contribution < 1.29 is 0 Å². The van der Waals surface area contributed by atoms with Crippen molar-refractivity contribution in [1.82, 2.24) is 0 Å². The Bertz CT molecular complexity index is 713. The van der Waals surface area contributed by atoms with Gasteiger partial charge in [0.25, 0.3) is 0 Å². The molecule has 0 bridgehead atoms. The summed E-state index contributed by atoms with van der Waals surface area (Å²) in [5, 5.41) is 3.68. The Morgan fingerprint density at radius 2 is 1.92 bits per heavy atom. The van der Waals surface area contributed by atoms with Gasteiger partial charge in [0.15, 0.2) is 0 Å². The van der Waals surface area contributed by atoms with Crippen molar-refractivity contribution in [3.8, 4) is 0 Å². The summed E-state index contributed by atoms with van der Waals surface area (Å²) in [5.41, 5.74) is 20.9. The van der Waals surface area contributed by atoms with Crippen molar-refractivity contribution in [2.75, 3.05) is 11.1 Å². The quantitative estimate of drug-likeness (QED) is 0.292. The highest BCUT2D eigenvalue weighted by atomic mass is 15.0. The molecule has 7 N–H and O–H groups in total. The molecule has 0 amide bonds. The average Bonchev–Trinajstić information content (AvgIpc) is 2.60. The van der Waals surface area contributed by atoms with Gasteiger partial charge in [-0.3, -0.25) is 0 Å². The number of nitrogens with one attached hydrogen (secondary N) is 1. The number of nitrogen functional groups attached to an aromatic ring is 1. The fourth-order valence-electron chi connectivity index (χ4n) is 2.86. The van der Waals surface area contributed by atoms with E-state index in [1.165, 1.54) is 0 Å². The molecule has 142 valence electrons. The zero-order chi connectivity index (χ0) is 20.0. The Morgan fingerprint density at radius 3 is 2.42 bits per heavy atom. The van der Waals surface area contributed by atoms with E-state index in [1.807, 2.05) is 49.4 Å². The summed E-state index contributed by atoms with van der Waals surface area (Å²) in [4.78, 5) is 0. The van der Waals surface area contributed by atoms with Crippen LogP contribution in [0.3, 0.4) is 0 Å². The fourth-order valence-corrected chi connectivity index (χ4v) is 2.86. The first-order valence-corrected chi connectivity index (χ1v) is 8.97. The molecule has 0 heterocycles. The van der Waals surface area contributed by atoms with Crippen molar-refractivity contribution in [3.63, 3.8) is 0 Å². The van der Waals surface area contributed by atoms with Crippen LogP contribution in [0, 0.1) is 5.41 Å². The van der Waals surface area contributed by atoms with Gasteiger partial charge < -0.3 is 22.5 Å². The van der Waals surface area contributed by atoms with E-state index < -0.39 is 5.54 Å². The van der Waals surface area contributed by atoms with E-state index in [4.69, 9.17) is 17.2 Å². The van der Waals surface area contributed by atoms with E-state index in [-0.39, 0.29) is 5.41 Å². The molecule has 0 aliphatic heterocycles. The normalized spacial score (nSPS) is 14.8. The van der Waals surface area contributed by atoms with Crippen LogP contribution in [-0.4, -0.2) is 5.54 Å². The number of nitrogens with two attached hydrogens (primary N) is 3. The topological polar surface area (TPSA) is 90.1 Å². The molecule has 0 aromatic heterocycles. The third kappa shape index (κ3) is 4.72. The minimum atomic E-state index is -0.412. The lowest BCUT2D eigenvalue weighted by Crippen LogP contribution is -2.49. The van der Waals surface area contributed by atoms with Crippen LogP contribution in [0.2, 0.25) is 0 Å². The van der Waals surface area contributed by atoms with E-state index in [0.717, 1.165) is 23.4 Å². The second-order valence-electron chi connectivity index (χ2n) is 7.27. The van der Waals surface area contributed by atoms with E-state index in [0.29, 0.717) is 17.8 Å². The number of hydrogen-bond acceptors (Lipinski definition) is 4. The first kappa shape index (κ1) is 21.4. The van der Waals surface area contributed by atoms with Crippen molar-refractivity contribution in [2.24, 2.45) is 16.9 Å². The molecule has 4 heteroatoms. The molecule has 0 spiro atoms. The standard InChI is InChI=1S/C22H34N4/c1-7-10-17-15-18(11-12-20(17)25)26-22(9-3,21(5,6)8-2)14-13-19(24)16(4)23/h7,9-13,15,26H,3-4,8,14,23-25H2,1-2,5-6H3/b10-7-,19-13-. The van der Waals surface area contributed by atoms with Gasteiger partial charge >= 0.3 is 0 Å². The molecule has 1 rings (SSSR count). The van der Waals surface area contributed by atoms with Crippen LogP contribution in [0.5, 0.6) is 0 Å². The number of hydrogen-bond donors (Lipinski definition) is 4. The molecular formula is C22H34N4.